The van der Waals surface area contributed by atoms with E-state index in [0.717, 1.165) is 50.4 Å². The van der Waals surface area contributed by atoms with Crippen LogP contribution >= 0.6 is 23.5 Å². The van der Waals surface area contributed by atoms with Crippen LogP contribution < -0.4 is 9.47 Å². The fourth-order valence-corrected chi connectivity index (χ4v) is 7.15. The number of methoxy groups -OCH3 is 2. The number of rotatable bonds is 15. The van der Waals surface area contributed by atoms with Crippen LogP contribution in [-0.2, 0) is 24.3 Å². The Morgan fingerprint density at radius 3 is 1.67 bits per heavy atom. The lowest BCUT2D eigenvalue weighted by Crippen LogP contribution is -1.89. The van der Waals surface area contributed by atoms with Gasteiger partial charge in [0.15, 0.2) is 11.2 Å². The molecule has 0 N–H and O–H groups in total. The molecule has 4 heterocycles. The Bertz CT molecular complexity index is 2590. The first-order chi connectivity index (χ1) is 26.5. The number of ether oxygens (including phenoxy) is 2. The van der Waals surface area contributed by atoms with Crippen LogP contribution in [0.3, 0.4) is 0 Å². The predicted molar refractivity (Wildman–Crippen MR) is 207 cm³/mol. The zero-order valence-corrected chi connectivity index (χ0v) is 30.9. The standard InChI is InChI=1S/C40H32N6O6S2/c1-5-7-23-17-30(36-31(18-23)41-40(52-36)54-22-34-44-46-38(50-34)25-11-15-29(48-4)16-12-25)27-19-26(8-6-2)35-32(20-27)42-39(51-35)53-21-33-43-45-37(49-33)24-9-13-28(47-3)14-10-24/h5-6,9-20H,1-2,7-8,21-22H2,3-4H3. The summed E-state index contributed by atoms with van der Waals surface area (Å²) in [7, 11) is 3.25. The number of allylic oxidation sites excluding steroid dienone is 2. The third-order valence-electron chi connectivity index (χ3n) is 8.38. The molecule has 0 aliphatic heterocycles. The van der Waals surface area contributed by atoms with Crippen molar-refractivity contribution >= 4 is 45.7 Å². The Morgan fingerprint density at radius 1 is 0.593 bits per heavy atom. The van der Waals surface area contributed by atoms with Crippen molar-refractivity contribution in [1.29, 1.82) is 0 Å². The maximum Gasteiger partial charge on any atom is 0.257 e. The molecule has 0 aliphatic rings. The van der Waals surface area contributed by atoms with Gasteiger partial charge in [0, 0.05) is 22.3 Å². The van der Waals surface area contributed by atoms with Gasteiger partial charge in [0.05, 0.1) is 25.7 Å². The molecule has 0 unspecified atom stereocenters. The van der Waals surface area contributed by atoms with Gasteiger partial charge < -0.3 is 27.1 Å². The zero-order valence-electron chi connectivity index (χ0n) is 29.3. The largest absolute Gasteiger partial charge is 0.497 e. The number of nitrogens with zero attached hydrogens (tertiary/aromatic N) is 6. The van der Waals surface area contributed by atoms with Crippen LogP contribution in [0.5, 0.6) is 11.5 Å². The summed E-state index contributed by atoms with van der Waals surface area (Å²) in [6.45, 7) is 7.93. The van der Waals surface area contributed by atoms with Gasteiger partial charge in [-0.2, -0.15) is 0 Å². The topological polar surface area (TPSA) is 148 Å². The number of aromatic nitrogens is 6. The minimum Gasteiger partial charge on any atom is -0.497 e. The average molecular weight is 757 g/mol. The maximum atomic E-state index is 6.40. The van der Waals surface area contributed by atoms with Crippen LogP contribution in [0.15, 0.2) is 126 Å². The molecule has 0 amide bonds. The summed E-state index contributed by atoms with van der Waals surface area (Å²) in [5.74, 6) is 4.03. The van der Waals surface area contributed by atoms with E-state index < -0.39 is 0 Å². The van der Waals surface area contributed by atoms with Gasteiger partial charge in [0.1, 0.15) is 22.5 Å². The average Bonchev–Trinajstić information content (AvgIpc) is 4.03. The monoisotopic (exact) mass is 756 g/mol. The predicted octanol–water partition coefficient (Wildman–Crippen LogP) is 9.79. The van der Waals surface area contributed by atoms with E-state index in [2.05, 4.69) is 45.7 Å². The van der Waals surface area contributed by atoms with Crippen LogP contribution in [0, 0.1) is 0 Å². The zero-order chi connectivity index (χ0) is 37.0. The molecule has 8 aromatic rings. The Kier molecular flexibility index (Phi) is 10.0. The Morgan fingerprint density at radius 2 is 1.13 bits per heavy atom. The van der Waals surface area contributed by atoms with E-state index in [0.29, 0.717) is 75.0 Å². The number of fused-ring (bicyclic) bond motifs is 2. The minimum atomic E-state index is 0.381. The molecule has 4 aromatic carbocycles. The molecule has 270 valence electrons. The molecule has 0 saturated carbocycles. The molecule has 0 saturated heterocycles. The molecule has 54 heavy (non-hydrogen) atoms. The Labute approximate surface area is 317 Å². The Balaban J connectivity index is 1.05. The number of oxazole rings is 2. The van der Waals surface area contributed by atoms with Gasteiger partial charge in [-0.15, -0.1) is 33.6 Å². The minimum absolute atomic E-state index is 0.381. The third kappa shape index (κ3) is 7.38. The van der Waals surface area contributed by atoms with Gasteiger partial charge in [0.25, 0.3) is 10.4 Å². The lowest BCUT2D eigenvalue weighted by atomic mass is 9.97. The van der Waals surface area contributed by atoms with Crippen molar-refractivity contribution < 1.29 is 27.1 Å². The highest BCUT2D eigenvalue weighted by atomic mass is 32.2. The van der Waals surface area contributed by atoms with E-state index in [1.807, 2.05) is 72.8 Å². The molecule has 0 bridgehead atoms. The van der Waals surface area contributed by atoms with Crippen molar-refractivity contribution in [2.75, 3.05) is 14.2 Å². The lowest BCUT2D eigenvalue weighted by Gasteiger charge is -2.08. The fourth-order valence-electron chi connectivity index (χ4n) is 5.81. The number of hydrogen-bond acceptors (Lipinski definition) is 14. The van der Waals surface area contributed by atoms with Crippen molar-refractivity contribution in [2.24, 2.45) is 0 Å². The number of thioether (sulfide) groups is 2. The highest BCUT2D eigenvalue weighted by Gasteiger charge is 2.20. The highest BCUT2D eigenvalue weighted by molar-refractivity contribution is 7.98. The number of benzene rings is 4. The Hall–Kier alpha value is -6.12. The van der Waals surface area contributed by atoms with Gasteiger partial charge in [-0.05, 0) is 96.8 Å². The smallest absolute Gasteiger partial charge is 0.257 e. The normalized spacial score (nSPS) is 11.4. The molecule has 0 fully saturated rings. The summed E-state index contributed by atoms with van der Waals surface area (Å²) in [6, 6.07) is 23.1. The van der Waals surface area contributed by atoms with Crippen molar-refractivity contribution in [3.05, 3.63) is 121 Å². The first-order valence-corrected chi connectivity index (χ1v) is 18.8. The van der Waals surface area contributed by atoms with E-state index in [1.165, 1.54) is 23.5 Å². The highest BCUT2D eigenvalue weighted by Crippen LogP contribution is 2.38. The third-order valence-corrected chi connectivity index (χ3v) is 10.0. The molecule has 12 nitrogen and oxygen atoms in total. The molecule has 14 heteroatoms. The molecule has 0 spiro atoms. The van der Waals surface area contributed by atoms with E-state index in [1.54, 1.807) is 14.2 Å². The van der Waals surface area contributed by atoms with E-state index in [9.17, 15) is 0 Å². The molecule has 0 atom stereocenters. The maximum absolute atomic E-state index is 6.40. The first kappa shape index (κ1) is 34.9. The molecule has 4 aromatic heterocycles. The number of hydrogen-bond donors (Lipinski definition) is 0. The fraction of sp³-hybridized carbons (Fsp3) is 0.150. The summed E-state index contributed by atoms with van der Waals surface area (Å²) in [5.41, 5.74) is 8.16. The molecule has 0 aliphatic carbocycles. The van der Waals surface area contributed by atoms with Gasteiger partial charge in [0.2, 0.25) is 23.6 Å². The van der Waals surface area contributed by atoms with Gasteiger partial charge in [-0.25, -0.2) is 9.97 Å². The quantitative estimate of drug-likeness (QED) is 0.0721. The molecule has 0 radical (unpaired) electrons. The summed E-state index contributed by atoms with van der Waals surface area (Å²) >= 11 is 2.76. The van der Waals surface area contributed by atoms with Gasteiger partial charge >= 0.3 is 0 Å². The van der Waals surface area contributed by atoms with Crippen molar-refractivity contribution in [3.8, 4) is 45.5 Å². The van der Waals surface area contributed by atoms with E-state index >= 15 is 0 Å². The van der Waals surface area contributed by atoms with Crippen molar-refractivity contribution in [2.45, 2.75) is 34.8 Å². The van der Waals surface area contributed by atoms with E-state index in [-0.39, 0.29) is 0 Å². The second kappa shape index (κ2) is 15.5. The molecular weight excluding hydrogens is 725 g/mol. The molecule has 8 rings (SSSR count). The molecular formula is C40H32N6O6S2. The summed E-state index contributed by atoms with van der Waals surface area (Å²) in [5, 5.41) is 17.8. The van der Waals surface area contributed by atoms with Crippen LogP contribution in [0.4, 0.5) is 0 Å². The van der Waals surface area contributed by atoms with Crippen LogP contribution in [0.2, 0.25) is 0 Å². The van der Waals surface area contributed by atoms with Gasteiger partial charge in [-0.1, -0.05) is 35.7 Å². The van der Waals surface area contributed by atoms with Gasteiger partial charge in [-0.3, -0.25) is 0 Å². The summed E-state index contributed by atoms with van der Waals surface area (Å²) in [4.78, 5) is 9.67. The second-order valence-corrected chi connectivity index (χ2v) is 13.8. The first-order valence-electron chi connectivity index (χ1n) is 16.8. The van der Waals surface area contributed by atoms with E-state index in [4.69, 9.17) is 37.1 Å². The summed E-state index contributed by atoms with van der Waals surface area (Å²) in [6.07, 6.45) is 4.95. The van der Waals surface area contributed by atoms with Crippen LogP contribution in [0.25, 0.3) is 56.2 Å². The van der Waals surface area contributed by atoms with Crippen molar-refractivity contribution in [3.63, 3.8) is 0 Å². The van der Waals surface area contributed by atoms with Crippen LogP contribution in [0.1, 0.15) is 22.9 Å². The lowest BCUT2D eigenvalue weighted by molar-refractivity contribution is 0.414. The van der Waals surface area contributed by atoms with Crippen molar-refractivity contribution in [1.82, 2.24) is 30.4 Å². The SMILES string of the molecule is C=CCc1cc(-c2cc(CC=C)c3oc(SCc4nnc(-c5ccc(OC)cc5)o4)nc3c2)c2oc(SCc3nnc(-c4ccc(OC)cc4)o3)nc2c1. The van der Waals surface area contributed by atoms with Crippen LogP contribution in [-0.4, -0.2) is 44.6 Å². The second-order valence-electron chi connectivity index (χ2n) is 12.0. The summed E-state index contributed by atoms with van der Waals surface area (Å²) < 4.78 is 35.0.